The highest BCUT2D eigenvalue weighted by molar-refractivity contribution is 7.89. The molecule has 4 nitrogen and oxygen atoms in total. The number of nitrogens with one attached hydrogen (secondary N) is 1. The lowest BCUT2D eigenvalue weighted by Gasteiger charge is -2.27. The average molecular weight is 344 g/mol. The van der Waals surface area contributed by atoms with E-state index >= 15 is 0 Å². The lowest BCUT2D eigenvalue weighted by molar-refractivity contribution is 0.566. The first kappa shape index (κ1) is 17.0. The summed E-state index contributed by atoms with van der Waals surface area (Å²) in [6, 6.07) is 15.9. The number of anilines is 1. The highest BCUT2D eigenvalue weighted by atomic mass is 32.2. The fourth-order valence-corrected chi connectivity index (χ4v) is 4.69. The van der Waals surface area contributed by atoms with Crippen LogP contribution in [0.15, 0.2) is 53.4 Å². The molecule has 2 aromatic carbocycles. The van der Waals surface area contributed by atoms with Crippen LogP contribution < -0.4 is 9.62 Å². The second kappa shape index (κ2) is 6.95. The minimum atomic E-state index is -3.48. The summed E-state index contributed by atoms with van der Waals surface area (Å²) in [5.74, 6) is 0. The number of para-hydroxylation sites is 1. The molecular weight excluding hydrogens is 320 g/mol. The zero-order valence-corrected chi connectivity index (χ0v) is 15.0. The standard InChI is InChI=1S/C19H24N2O2S/c1-15-10-11-16(2)19(13-15)24(22,23)20-14-18-9-6-12-21(18)17-7-4-3-5-8-17/h3-5,7-8,10-11,13,18,20H,6,9,12,14H2,1-2H3. The largest absolute Gasteiger partial charge is 0.367 e. The summed E-state index contributed by atoms with van der Waals surface area (Å²) < 4.78 is 28.2. The van der Waals surface area contributed by atoms with Crippen LogP contribution >= 0.6 is 0 Å². The van der Waals surface area contributed by atoms with Crippen LogP contribution in [-0.2, 0) is 10.0 Å². The normalized spacial score (nSPS) is 18.1. The third-order valence-electron chi connectivity index (χ3n) is 4.61. The van der Waals surface area contributed by atoms with Crippen LogP contribution in [0.1, 0.15) is 24.0 Å². The maximum atomic E-state index is 12.7. The van der Waals surface area contributed by atoms with Crippen molar-refractivity contribution < 1.29 is 8.42 Å². The van der Waals surface area contributed by atoms with Gasteiger partial charge in [-0.3, -0.25) is 0 Å². The van der Waals surface area contributed by atoms with Gasteiger partial charge in [-0.05, 0) is 56.0 Å². The Balaban J connectivity index is 1.73. The smallest absolute Gasteiger partial charge is 0.240 e. The summed E-state index contributed by atoms with van der Waals surface area (Å²) in [4.78, 5) is 2.68. The molecule has 1 atom stereocenters. The van der Waals surface area contributed by atoms with Crippen molar-refractivity contribution in [2.24, 2.45) is 0 Å². The zero-order valence-electron chi connectivity index (χ0n) is 14.2. The van der Waals surface area contributed by atoms with Crippen molar-refractivity contribution in [2.75, 3.05) is 18.0 Å². The molecule has 0 aromatic heterocycles. The minimum absolute atomic E-state index is 0.201. The Morgan fingerprint density at radius 2 is 1.88 bits per heavy atom. The molecule has 1 saturated heterocycles. The van der Waals surface area contributed by atoms with Crippen LogP contribution in [-0.4, -0.2) is 27.5 Å². The molecule has 1 N–H and O–H groups in total. The zero-order chi connectivity index (χ0) is 17.2. The number of benzene rings is 2. The first-order valence-electron chi connectivity index (χ1n) is 8.36. The third-order valence-corrected chi connectivity index (χ3v) is 6.17. The summed E-state index contributed by atoms with van der Waals surface area (Å²) in [6.45, 7) is 5.15. The monoisotopic (exact) mass is 344 g/mol. The molecular formula is C19H24N2O2S. The van der Waals surface area contributed by atoms with Crippen LogP contribution in [0.25, 0.3) is 0 Å². The van der Waals surface area contributed by atoms with Crippen molar-refractivity contribution in [1.82, 2.24) is 4.72 Å². The van der Waals surface area contributed by atoms with E-state index in [0.717, 1.165) is 36.2 Å². The molecule has 0 spiro atoms. The van der Waals surface area contributed by atoms with Crippen molar-refractivity contribution in [3.05, 3.63) is 59.7 Å². The lowest BCUT2D eigenvalue weighted by atomic mass is 10.2. The Hall–Kier alpha value is -1.85. The van der Waals surface area contributed by atoms with Gasteiger partial charge in [0.25, 0.3) is 0 Å². The second-order valence-corrected chi connectivity index (χ2v) is 8.18. The molecule has 0 amide bonds. The molecule has 1 aliphatic rings. The molecule has 2 aromatic rings. The molecule has 1 fully saturated rings. The van der Waals surface area contributed by atoms with Crippen molar-refractivity contribution in [1.29, 1.82) is 0 Å². The highest BCUT2D eigenvalue weighted by Crippen LogP contribution is 2.25. The van der Waals surface area contributed by atoms with E-state index in [1.807, 2.05) is 44.2 Å². The van der Waals surface area contributed by atoms with Gasteiger partial charge in [0.1, 0.15) is 0 Å². The molecule has 0 bridgehead atoms. The van der Waals surface area contributed by atoms with Crippen LogP contribution in [0, 0.1) is 13.8 Å². The summed E-state index contributed by atoms with van der Waals surface area (Å²) in [6.07, 6.45) is 2.09. The highest BCUT2D eigenvalue weighted by Gasteiger charge is 2.27. The van der Waals surface area contributed by atoms with Crippen LogP contribution in [0.5, 0.6) is 0 Å². The molecule has 1 heterocycles. The Bertz CT molecular complexity index is 803. The summed E-state index contributed by atoms with van der Waals surface area (Å²) in [5.41, 5.74) is 2.89. The van der Waals surface area contributed by atoms with E-state index in [1.54, 1.807) is 6.07 Å². The first-order chi connectivity index (χ1) is 11.5. The van der Waals surface area contributed by atoms with E-state index in [1.165, 1.54) is 0 Å². The van der Waals surface area contributed by atoms with Gasteiger partial charge in [0.2, 0.25) is 10.0 Å². The molecule has 128 valence electrons. The minimum Gasteiger partial charge on any atom is -0.367 e. The number of sulfonamides is 1. The number of hydrogen-bond acceptors (Lipinski definition) is 3. The number of nitrogens with zero attached hydrogens (tertiary/aromatic N) is 1. The maximum absolute atomic E-state index is 12.7. The Kier molecular flexibility index (Phi) is 4.92. The molecule has 3 rings (SSSR count). The predicted octanol–water partition coefficient (Wildman–Crippen LogP) is 3.25. The fourth-order valence-electron chi connectivity index (χ4n) is 3.29. The van der Waals surface area contributed by atoms with Gasteiger partial charge < -0.3 is 4.90 Å². The molecule has 0 aliphatic carbocycles. The predicted molar refractivity (Wildman–Crippen MR) is 97.9 cm³/mol. The van der Waals surface area contributed by atoms with Crippen molar-refractivity contribution in [2.45, 2.75) is 37.6 Å². The van der Waals surface area contributed by atoms with Gasteiger partial charge in [-0.25, -0.2) is 13.1 Å². The Labute approximate surface area is 144 Å². The van der Waals surface area contributed by atoms with Crippen LogP contribution in [0.2, 0.25) is 0 Å². The Morgan fingerprint density at radius 3 is 2.62 bits per heavy atom. The van der Waals surface area contributed by atoms with Gasteiger partial charge in [0, 0.05) is 24.8 Å². The molecule has 24 heavy (non-hydrogen) atoms. The molecule has 1 unspecified atom stereocenters. The maximum Gasteiger partial charge on any atom is 0.240 e. The van der Waals surface area contributed by atoms with Gasteiger partial charge in [0.05, 0.1) is 4.90 Å². The topological polar surface area (TPSA) is 49.4 Å². The van der Waals surface area contributed by atoms with Gasteiger partial charge in [-0.1, -0.05) is 30.3 Å². The van der Waals surface area contributed by atoms with Gasteiger partial charge in [-0.15, -0.1) is 0 Å². The van der Waals surface area contributed by atoms with Crippen LogP contribution in [0.3, 0.4) is 0 Å². The lowest BCUT2D eigenvalue weighted by Crippen LogP contribution is -2.40. The molecule has 0 radical (unpaired) electrons. The van der Waals surface area contributed by atoms with E-state index in [-0.39, 0.29) is 6.04 Å². The van der Waals surface area contributed by atoms with Crippen molar-refractivity contribution >= 4 is 15.7 Å². The van der Waals surface area contributed by atoms with Gasteiger partial charge in [-0.2, -0.15) is 0 Å². The average Bonchev–Trinajstić information content (AvgIpc) is 3.04. The van der Waals surface area contributed by atoms with E-state index < -0.39 is 10.0 Å². The first-order valence-corrected chi connectivity index (χ1v) is 9.84. The molecule has 5 heteroatoms. The number of aryl methyl sites for hydroxylation is 2. The fraction of sp³-hybridized carbons (Fsp3) is 0.368. The summed E-state index contributed by atoms with van der Waals surface area (Å²) >= 11 is 0. The van der Waals surface area contributed by atoms with Gasteiger partial charge >= 0.3 is 0 Å². The molecule has 0 saturated carbocycles. The van der Waals surface area contributed by atoms with Crippen molar-refractivity contribution in [3.63, 3.8) is 0 Å². The van der Waals surface area contributed by atoms with Crippen LogP contribution in [0.4, 0.5) is 5.69 Å². The number of hydrogen-bond donors (Lipinski definition) is 1. The van der Waals surface area contributed by atoms with E-state index in [9.17, 15) is 8.42 Å². The quantitative estimate of drug-likeness (QED) is 0.906. The molecule has 1 aliphatic heterocycles. The van der Waals surface area contributed by atoms with E-state index in [0.29, 0.717) is 11.4 Å². The van der Waals surface area contributed by atoms with E-state index in [2.05, 4.69) is 21.8 Å². The van der Waals surface area contributed by atoms with Gasteiger partial charge in [0.15, 0.2) is 0 Å². The SMILES string of the molecule is Cc1ccc(C)c(S(=O)(=O)NCC2CCCN2c2ccccc2)c1. The summed E-state index contributed by atoms with van der Waals surface area (Å²) in [5, 5.41) is 0. The second-order valence-electron chi connectivity index (χ2n) is 6.45. The summed E-state index contributed by atoms with van der Waals surface area (Å²) in [7, 11) is -3.48. The Morgan fingerprint density at radius 1 is 1.12 bits per heavy atom. The van der Waals surface area contributed by atoms with E-state index in [4.69, 9.17) is 0 Å². The third kappa shape index (κ3) is 3.62. The van der Waals surface area contributed by atoms with Crippen molar-refractivity contribution in [3.8, 4) is 0 Å². The number of rotatable bonds is 5.